The Morgan fingerprint density at radius 1 is 1.13 bits per heavy atom. The van der Waals surface area contributed by atoms with Crippen LogP contribution in [0, 0.1) is 20.8 Å². The van der Waals surface area contributed by atoms with Crippen LogP contribution in [-0.2, 0) is 0 Å². The molecule has 0 unspecified atom stereocenters. The summed E-state index contributed by atoms with van der Waals surface area (Å²) in [4.78, 5) is 18.0. The van der Waals surface area contributed by atoms with Gasteiger partial charge < -0.3 is 9.88 Å². The molecular weight excluding hydrogens is 386 g/mol. The van der Waals surface area contributed by atoms with E-state index in [2.05, 4.69) is 41.5 Å². The lowest BCUT2D eigenvalue weighted by molar-refractivity contribution is 0.282. The van der Waals surface area contributed by atoms with E-state index in [1.807, 2.05) is 35.3 Å². The Kier molecular flexibility index (Phi) is 3.93. The minimum Gasteiger partial charge on any atom is -0.312 e. The highest BCUT2D eigenvalue weighted by Gasteiger charge is 2.46. The summed E-state index contributed by atoms with van der Waals surface area (Å²) >= 11 is 0. The third kappa shape index (κ3) is 3.00. The number of aryl methyl sites for hydroxylation is 3. The molecule has 6 rings (SSSR count). The van der Waals surface area contributed by atoms with Crippen LogP contribution >= 0.6 is 0 Å². The predicted octanol–water partition coefficient (Wildman–Crippen LogP) is 4.09. The van der Waals surface area contributed by atoms with E-state index < -0.39 is 0 Å². The van der Waals surface area contributed by atoms with E-state index in [9.17, 15) is 4.79 Å². The van der Waals surface area contributed by atoms with Crippen LogP contribution in [-0.4, -0.2) is 31.2 Å². The topological polar surface area (TPSA) is 64.2 Å². The van der Waals surface area contributed by atoms with Crippen molar-refractivity contribution in [2.45, 2.75) is 58.0 Å². The van der Waals surface area contributed by atoms with Gasteiger partial charge in [-0.25, -0.2) is 9.50 Å². The van der Waals surface area contributed by atoms with Crippen molar-refractivity contribution in [3.8, 4) is 11.3 Å². The zero-order valence-electron chi connectivity index (χ0n) is 18.3. The predicted molar refractivity (Wildman–Crippen MR) is 123 cm³/mol. The highest BCUT2D eigenvalue weighted by molar-refractivity contribution is 5.89. The van der Waals surface area contributed by atoms with E-state index in [4.69, 9.17) is 5.10 Å². The molecule has 2 fully saturated rings. The molecule has 1 aliphatic heterocycles. The Hall–Kier alpha value is -2.99. The zero-order chi connectivity index (χ0) is 21.3. The van der Waals surface area contributed by atoms with Crippen molar-refractivity contribution in [1.29, 1.82) is 0 Å². The molecule has 4 heterocycles. The van der Waals surface area contributed by atoms with Gasteiger partial charge in [-0.2, -0.15) is 5.10 Å². The summed E-state index contributed by atoms with van der Waals surface area (Å²) in [5.74, 6) is 0. The maximum Gasteiger partial charge on any atom is 0.258 e. The molecule has 6 heteroatoms. The maximum absolute atomic E-state index is 13.5. The number of aromatic nitrogens is 4. The Balaban J connectivity index is 1.45. The van der Waals surface area contributed by atoms with Crippen LogP contribution in [0.5, 0.6) is 0 Å². The van der Waals surface area contributed by atoms with Crippen molar-refractivity contribution in [1.82, 2.24) is 24.5 Å². The van der Waals surface area contributed by atoms with Crippen LogP contribution in [0.15, 0.2) is 41.5 Å². The Morgan fingerprint density at radius 3 is 2.77 bits per heavy atom. The zero-order valence-corrected chi connectivity index (χ0v) is 18.3. The van der Waals surface area contributed by atoms with E-state index in [0.717, 1.165) is 63.9 Å². The highest BCUT2D eigenvalue weighted by Crippen LogP contribution is 2.45. The van der Waals surface area contributed by atoms with Gasteiger partial charge in [0.2, 0.25) is 0 Å². The average molecular weight is 414 g/mol. The van der Waals surface area contributed by atoms with Crippen molar-refractivity contribution in [3.05, 3.63) is 63.8 Å². The van der Waals surface area contributed by atoms with Gasteiger partial charge in [-0.3, -0.25) is 4.79 Å². The van der Waals surface area contributed by atoms with E-state index in [1.54, 1.807) is 0 Å². The van der Waals surface area contributed by atoms with Crippen LogP contribution in [0.2, 0.25) is 0 Å². The number of fused-ring (bicyclic) bond motifs is 2. The Morgan fingerprint density at radius 2 is 1.97 bits per heavy atom. The lowest BCUT2D eigenvalue weighted by Crippen LogP contribution is -2.42. The summed E-state index contributed by atoms with van der Waals surface area (Å²) in [5, 5.41) is 10.2. The first-order valence-electron chi connectivity index (χ1n) is 11.2. The van der Waals surface area contributed by atoms with Gasteiger partial charge in [0.1, 0.15) is 0 Å². The number of hydrogen-bond donors (Lipinski definition) is 1. The van der Waals surface area contributed by atoms with Crippen LogP contribution in [0.1, 0.15) is 48.5 Å². The van der Waals surface area contributed by atoms with E-state index in [0.29, 0.717) is 5.54 Å². The van der Waals surface area contributed by atoms with E-state index in [-0.39, 0.29) is 11.6 Å². The minimum atomic E-state index is 0.133. The molecule has 1 aliphatic carbocycles. The van der Waals surface area contributed by atoms with Gasteiger partial charge in [-0.05, 0) is 93.8 Å². The summed E-state index contributed by atoms with van der Waals surface area (Å²) in [5.41, 5.74) is 6.28. The van der Waals surface area contributed by atoms with Crippen LogP contribution in [0.25, 0.3) is 27.7 Å². The molecular formula is C25H27N5O. The summed E-state index contributed by atoms with van der Waals surface area (Å²) in [7, 11) is 0. The maximum atomic E-state index is 13.5. The fraction of sp³-hybridized carbons (Fsp3) is 0.400. The molecule has 6 nitrogen and oxygen atoms in total. The largest absolute Gasteiger partial charge is 0.312 e. The molecule has 158 valence electrons. The third-order valence-electron chi connectivity index (χ3n) is 7.11. The number of imidazole rings is 1. The first kappa shape index (κ1) is 18.8. The number of pyridine rings is 1. The SMILES string of the molecule is Cc1cn2nc(-c3cc(C)c4c(=O)n([C@H]5CCNC6(CC6)C5)ccc4c3)cc(C)c2n1. The monoisotopic (exact) mass is 413 g/mol. The number of benzene rings is 1. The van der Waals surface area contributed by atoms with Gasteiger partial charge in [0, 0.05) is 23.3 Å². The molecule has 1 spiro atoms. The molecule has 4 aromatic rings. The van der Waals surface area contributed by atoms with Gasteiger partial charge in [-0.15, -0.1) is 0 Å². The lowest BCUT2D eigenvalue weighted by Gasteiger charge is -2.32. The molecule has 31 heavy (non-hydrogen) atoms. The normalized spacial score (nSPS) is 20.0. The fourth-order valence-electron chi connectivity index (χ4n) is 5.32. The summed E-state index contributed by atoms with van der Waals surface area (Å²) < 4.78 is 3.83. The minimum absolute atomic E-state index is 0.133. The van der Waals surface area contributed by atoms with Gasteiger partial charge in [0.05, 0.1) is 23.0 Å². The van der Waals surface area contributed by atoms with E-state index in [1.165, 1.54) is 12.8 Å². The van der Waals surface area contributed by atoms with E-state index >= 15 is 0 Å². The van der Waals surface area contributed by atoms with Gasteiger partial charge in [0.25, 0.3) is 5.56 Å². The average Bonchev–Trinajstić information content (AvgIpc) is 3.35. The van der Waals surface area contributed by atoms with Gasteiger partial charge in [-0.1, -0.05) is 0 Å². The molecule has 0 amide bonds. The van der Waals surface area contributed by atoms with Crippen LogP contribution in [0.3, 0.4) is 0 Å². The first-order valence-corrected chi connectivity index (χ1v) is 11.2. The Labute approximate surface area is 180 Å². The second kappa shape index (κ2) is 6.50. The van der Waals surface area contributed by atoms with Gasteiger partial charge in [0.15, 0.2) is 5.65 Å². The number of piperidine rings is 1. The van der Waals surface area contributed by atoms with Crippen molar-refractivity contribution in [2.75, 3.05) is 6.54 Å². The third-order valence-corrected chi connectivity index (χ3v) is 7.11. The summed E-state index contributed by atoms with van der Waals surface area (Å²) in [6, 6.07) is 8.65. The standard InChI is InChI=1S/C25H27N5O/c1-15-10-19(21-11-16(2)23-27-17(3)14-30(23)28-21)12-18-5-9-29(24(31)22(15)18)20-4-8-26-25(13-20)6-7-25/h5,9-12,14,20,26H,4,6-8,13H2,1-3H3/t20-/m0/s1. The number of nitrogens with zero attached hydrogens (tertiary/aromatic N) is 4. The van der Waals surface area contributed by atoms with Crippen molar-refractivity contribution < 1.29 is 0 Å². The highest BCUT2D eigenvalue weighted by atomic mass is 16.1. The second-order valence-electron chi connectivity index (χ2n) is 9.50. The quantitative estimate of drug-likeness (QED) is 0.538. The first-order chi connectivity index (χ1) is 14.9. The molecule has 0 radical (unpaired) electrons. The summed E-state index contributed by atoms with van der Waals surface area (Å²) in [6.07, 6.45) is 8.49. The van der Waals surface area contributed by atoms with Gasteiger partial charge >= 0.3 is 0 Å². The Bertz CT molecular complexity index is 1410. The molecule has 1 N–H and O–H groups in total. The van der Waals surface area contributed by atoms with Crippen molar-refractivity contribution in [3.63, 3.8) is 0 Å². The summed E-state index contributed by atoms with van der Waals surface area (Å²) in [6.45, 7) is 7.07. The second-order valence-corrected chi connectivity index (χ2v) is 9.50. The molecule has 1 saturated carbocycles. The smallest absolute Gasteiger partial charge is 0.258 e. The molecule has 1 atom stereocenters. The van der Waals surface area contributed by atoms with Crippen molar-refractivity contribution >= 4 is 16.4 Å². The molecule has 3 aromatic heterocycles. The van der Waals surface area contributed by atoms with Crippen LogP contribution in [0.4, 0.5) is 0 Å². The lowest BCUT2D eigenvalue weighted by atomic mass is 9.96. The number of nitrogens with one attached hydrogen (secondary N) is 1. The number of rotatable bonds is 2. The molecule has 0 bridgehead atoms. The van der Waals surface area contributed by atoms with Crippen LogP contribution < -0.4 is 10.9 Å². The molecule has 1 saturated heterocycles. The fourth-order valence-corrected chi connectivity index (χ4v) is 5.32. The molecule has 2 aliphatic rings. The number of hydrogen-bond acceptors (Lipinski definition) is 4. The van der Waals surface area contributed by atoms with Crippen molar-refractivity contribution in [2.24, 2.45) is 0 Å². The molecule has 1 aromatic carbocycles.